The molecule has 0 saturated carbocycles. The van der Waals surface area contributed by atoms with Gasteiger partial charge in [-0.3, -0.25) is 15.0 Å². The maximum absolute atomic E-state index is 11.4. The molecule has 0 bridgehead atoms. The molecule has 0 aromatic carbocycles. The first-order valence-electron chi connectivity index (χ1n) is 4.63. The van der Waals surface area contributed by atoms with Crippen LogP contribution in [0.1, 0.15) is 19.8 Å². The Kier molecular flexibility index (Phi) is 3.45. The summed E-state index contributed by atoms with van der Waals surface area (Å²) < 4.78 is 0. The summed E-state index contributed by atoms with van der Waals surface area (Å²) in [5.74, 6) is -0.217. The van der Waals surface area contributed by atoms with Crippen LogP contribution in [-0.4, -0.2) is 23.4 Å². The van der Waals surface area contributed by atoms with Crippen molar-refractivity contribution in [1.82, 2.24) is 10.2 Å². The van der Waals surface area contributed by atoms with Gasteiger partial charge < -0.3 is 0 Å². The van der Waals surface area contributed by atoms with Crippen molar-refractivity contribution >= 4 is 11.9 Å². The third-order valence-electron chi connectivity index (χ3n) is 1.99. The van der Waals surface area contributed by atoms with Gasteiger partial charge >= 0.3 is 6.03 Å². The summed E-state index contributed by atoms with van der Waals surface area (Å²) in [4.78, 5) is 23.8. The monoisotopic (exact) mass is 194 g/mol. The number of allylic oxidation sites excluding steroid dienone is 2. The molecule has 0 unspecified atom stereocenters. The fourth-order valence-corrected chi connectivity index (χ4v) is 1.32. The summed E-state index contributed by atoms with van der Waals surface area (Å²) in [6.07, 6.45) is 4.71. The Morgan fingerprint density at radius 2 is 2.36 bits per heavy atom. The molecular formula is C10H14N2O2. The van der Waals surface area contributed by atoms with E-state index in [1.54, 1.807) is 6.08 Å². The summed E-state index contributed by atoms with van der Waals surface area (Å²) in [7, 11) is 0. The minimum absolute atomic E-state index is 0.217. The average Bonchev–Trinajstić information content (AvgIpc) is 2.15. The number of nitrogens with zero attached hydrogens (tertiary/aromatic N) is 1. The van der Waals surface area contributed by atoms with Crippen LogP contribution in [0.25, 0.3) is 0 Å². The van der Waals surface area contributed by atoms with Crippen molar-refractivity contribution in [1.29, 1.82) is 0 Å². The van der Waals surface area contributed by atoms with Crippen LogP contribution < -0.4 is 5.32 Å². The van der Waals surface area contributed by atoms with E-state index in [4.69, 9.17) is 0 Å². The van der Waals surface area contributed by atoms with Crippen LogP contribution in [0, 0.1) is 0 Å². The smallest absolute Gasteiger partial charge is 0.294 e. The highest BCUT2D eigenvalue weighted by Crippen LogP contribution is 2.11. The molecule has 0 aliphatic carbocycles. The van der Waals surface area contributed by atoms with Gasteiger partial charge in [-0.25, -0.2) is 4.79 Å². The van der Waals surface area contributed by atoms with Crippen LogP contribution in [0.3, 0.4) is 0 Å². The second-order valence-electron chi connectivity index (χ2n) is 3.00. The molecule has 1 aliphatic heterocycles. The lowest BCUT2D eigenvalue weighted by atomic mass is 10.2. The van der Waals surface area contributed by atoms with E-state index in [9.17, 15) is 9.59 Å². The summed E-state index contributed by atoms with van der Waals surface area (Å²) in [5, 5.41) is 2.26. The molecule has 0 atom stereocenters. The predicted octanol–water partition coefficient (Wildman–Crippen LogP) is 1.41. The normalized spacial score (nSPS) is 18.1. The molecular weight excluding hydrogens is 180 g/mol. The second-order valence-corrected chi connectivity index (χ2v) is 3.00. The summed E-state index contributed by atoms with van der Waals surface area (Å²) in [6.45, 7) is 6.05. The molecule has 0 aromatic rings. The zero-order chi connectivity index (χ0) is 10.6. The van der Waals surface area contributed by atoms with Crippen molar-refractivity contribution < 1.29 is 9.59 Å². The van der Waals surface area contributed by atoms with E-state index >= 15 is 0 Å². The summed E-state index contributed by atoms with van der Waals surface area (Å²) in [5.41, 5.74) is 0.762. The Balaban J connectivity index is 2.77. The number of carbonyl (C=O) groups is 2. The largest absolute Gasteiger partial charge is 0.328 e. The molecule has 4 heteroatoms. The molecule has 1 fully saturated rings. The predicted molar refractivity (Wildman–Crippen MR) is 53.4 cm³/mol. The Hall–Kier alpha value is -1.58. The lowest BCUT2D eigenvalue weighted by molar-refractivity contribution is -0.121. The number of carbonyl (C=O) groups excluding carboxylic acids is 2. The van der Waals surface area contributed by atoms with Gasteiger partial charge in [-0.15, -0.1) is 0 Å². The topological polar surface area (TPSA) is 49.4 Å². The van der Waals surface area contributed by atoms with Gasteiger partial charge in [0.2, 0.25) is 5.91 Å². The van der Waals surface area contributed by atoms with Gasteiger partial charge in [-0.1, -0.05) is 19.6 Å². The van der Waals surface area contributed by atoms with E-state index in [0.29, 0.717) is 13.0 Å². The number of rotatable bonds is 3. The molecule has 14 heavy (non-hydrogen) atoms. The van der Waals surface area contributed by atoms with Gasteiger partial charge in [0.25, 0.3) is 0 Å². The van der Waals surface area contributed by atoms with Crippen LogP contribution >= 0.6 is 0 Å². The Morgan fingerprint density at radius 1 is 1.64 bits per heavy atom. The van der Waals surface area contributed by atoms with Crippen molar-refractivity contribution in [3.63, 3.8) is 0 Å². The summed E-state index contributed by atoms with van der Waals surface area (Å²) in [6, 6.07) is -0.360. The first-order chi connectivity index (χ1) is 6.69. The van der Waals surface area contributed by atoms with E-state index in [1.165, 1.54) is 4.90 Å². The first-order valence-corrected chi connectivity index (χ1v) is 4.63. The molecule has 1 rings (SSSR count). The highest BCUT2D eigenvalue weighted by molar-refractivity contribution is 5.97. The van der Waals surface area contributed by atoms with Gasteiger partial charge in [0.15, 0.2) is 0 Å². The standard InChI is InChI=1S/C10H14N2O2/c1-3-5-8(4-2)12-7-6-9(13)11-10(12)14/h4-5H,2-3,6-7H2,1H3,(H,11,13,14)/b8-5+. The van der Waals surface area contributed by atoms with Crippen LogP contribution in [0.15, 0.2) is 24.4 Å². The molecule has 3 amide bonds. The molecule has 1 heterocycles. The molecule has 0 radical (unpaired) electrons. The van der Waals surface area contributed by atoms with E-state index in [-0.39, 0.29) is 11.9 Å². The van der Waals surface area contributed by atoms with Crippen LogP contribution in [0.4, 0.5) is 4.79 Å². The number of hydrogen-bond acceptors (Lipinski definition) is 2. The zero-order valence-electron chi connectivity index (χ0n) is 8.25. The zero-order valence-corrected chi connectivity index (χ0v) is 8.25. The van der Waals surface area contributed by atoms with E-state index in [0.717, 1.165) is 12.1 Å². The van der Waals surface area contributed by atoms with Crippen molar-refractivity contribution in [3.8, 4) is 0 Å². The average molecular weight is 194 g/mol. The van der Waals surface area contributed by atoms with Gasteiger partial charge in [-0.05, 0) is 12.5 Å². The van der Waals surface area contributed by atoms with Crippen LogP contribution in [-0.2, 0) is 4.79 Å². The lowest BCUT2D eigenvalue weighted by Crippen LogP contribution is -2.48. The minimum Gasteiger partial charge on any atom is -0.294 e. The highest BCUT2D eigenvalue weighted by Gasteiger charge is 2.23. The van der Waals surface area contributed by atoms with Crippen LogP contribution in [0.5, 0.6) is 0 Å². The van der Waals surface area contributed by atoms with Crippen molar-refractivity contribution in [2.75, 3.05) is 6.54 Å². The van der Waals surface area contributed by atoms with Gasteiger partial charge in [0, 0.05) is 18.7 Å². The van der Waals surface area contributed by atoms with Gasteiger partial charge in [-0.2, -0.15) is 0 Å². The Labute approximate surface area is 83.3 Å². The summed E-state index contributed by atoms with van der Waals surface area (Å²) >= 11 is 0. The van der Waals surface area contributed by atoms with Gasteiger partial charge in [0.05, 0.1) is 0 Å². The number of nitrogens with one attached hydrogen (secondary N) is 1. The van der Waals surface area contributed by atoms with E-state index < -0.39 is 0 Å². The number of imide groups is 1. The van der Waals surface area contributed by atoms with Gasteiger partial charge in [0.1, 0.15) is 0 Å². The van der Waals surface area contributed by atoms with E-state index in [2.05, 4.69) is 11.9 Å². The molecule has 1 N–H and O–H groups in total. The SMILES string of the molecule is C=C/C(=C\CC)N1CCC(=O)NC1=O. The number of hydrogen-bond donors (Lipinski definition) is 1. The maximum atomic E-state index is 11.4. The Morgan fingerprint density at radius 3 is 2.86 bits per heavy atom. The molecule has 1 saturated heterocycles. The quantitative estimate of drug-likeness (QED) is 0.690. The second kappa shape index (κ2) is 4.60. The fourth-order valence-electron chi connectivity index (χ4n) is 1.32. The number of amides is 3. The molecule has 76 valence electrons. The molecule has 4 nitrogen and oxygen atoms in total. The van der Waals surface area contributed by atoms with E-state index in [1.807, 2.05) is 13.0 Å². The first kappa shape index (κ1) is 10.5. The Bertz CT molecular complexity index is 294. The molecule has 0 spiro atoms. The third-order valence-corrected chi connectivity index (χ3v) is 1.99. The van der Waals surface area contributed by atoms with Crippen molar-refractivity contribution in [2.45, 2.75) is 19.8 Å². The maximum Gasteiger partial charge on any atom is 0.328 e. The van der Waals surface area contributed by atoms with Crippen molar-refractivity contribution in [3.05, 3.63) is 24.4 Å². The fraction of sp³-hybridized carbons (Fsp3) is 0.400. The molecule has 1 aliphatic rings. The highest BCUT2D eigenvalue weighted by atomic mass is 16.2. The van der Waals surface area contributed by atoms with Crippen LogP contribution in [0.2, 0.25) is 0 Å². The van der Waals surface area contributed by atoms with Crippen molar-refractivity contribution in [2.24, 2.45) is 0 Å². The number of urea groups is 1. The lowest BCUT2D eigenvalue weighted by Gasteiger charge is -2.27. The third kappa shape index (κ3) is 2.22. The minimum atomic E-state index is -0.360. The molecule has 0 aromatic heterocycles.